The number of hydrogen-bond donors (Lipinski definition) is 2. The van der Waals surface area contributed by atoms with Gasteiger partial charge in [0.25, 0.3) is 0 Å². The van der Waals surface area contributed by atoms with Crippen LogP contribution in [0.15, 0.2) is 79.8 Å². The topological polar surface area (TPSA) is 118 Å². The second-order valence-corrected chi connectivity index (χ2v) is 11.9. The summed E-state index contributed by atoms with van der Waals surface area (Å²) in [4.78, 5) is 22.7. The molecular formula is C34H36N6O4. The van der Waals surface area contributed by atoms with Crippen LogP contribution in [0.25, 0.3) is 21.8 Å². The summed E-state index contributed by atoms with van der Waals surface area (Å²) in [6.45, 7) is 6.28. The van der Waals surface area contributed by atoms with Crippen molar-refractivity contribution in [2.75, 3.05) is 20.2 Å². The highest BCUT2D eigenvalue weighted by atomic mass is 16.5. The molecule has 0 spiro atoms. The number of para-hydroxylation sites is 1. The minimum Gasteiger partial charge on any atom is -0.497 e. The van der Waals surface area contributed by atoms with Gasteiger partial charge in [-0.2, -0.15) is 0 Å². The Morgan fingerprint density at radius 1 is 1.23 bits per heavy atom. The van der Waals surface area contributed by atoms with E-state index in [-0.39, 0.29) is 25.2 Å². The highest BCUT2D eigenvalue weighted by Crippen LogP contribution is 2.44. The number of piperidine rings is 3. The number of nitrogens with zero attached hydrogens (tertiary/aromatic N) is 5. The third kappa shape index (κ3) is 5.24. The lowest BCUT2D eigenvalue weighted by molar-refractivity contribution is -0.141. The highest BCUT2D eigenvalue weighted by molar-refractivity contribution is 5.85. The van der Waals surface area contributed by atoms with Crippen molar-refractivity contribution in [3.63, 3.8) is 0 Å². The zero-order valence-corrected chi connectivity index (χ0v) is 24.7. The molecule has 10 heteroatoms. The summed E-state index contributed by atoms with van der Waals surface area (Å²) in [5, 5.41) is 20.7. The first-order valence-corrected chi connectivity index (χ1v) is 15.1. The number of rotatable bonds is 11. The van der Waals surface area contributed by atoms with Crippen molar-refractivity contribution in [2.24, 2.45) is 11.8 Å². The molecule has 44 heavy (non-hydrogen) atoms. The fourth-order valence-corrected chi connectivity index (χ4v) is 7.13. The molecule has 0 radical (unpaired) electrons. The third-order valence-electron chi connectivity index (χ3n) is 9.45. The Hall–Kier alpha value is -4.54. The second-order valence-electron chi connectivity index (χ2n) is 11.9. The van der Waals surface area contributed by atoms with Crippen LogP contribution < -0.4 is 4.74 Å². The predicted octanol–water partition coefficient (Wildman–Crippen LogP) is 5.34. The molecule has 8 rings (SSSR count). The van der Waals surface area contributed by atoms with Crippen LogP contribution in [0.5, 0.6) is 5.75 Å². The van der Waals surface area contributed by atoms with E-state index in [1.807, 2.05) is 60.9 Å². The third-order valence-corrected chi connectivity index (χ3v) is 9.45. The average Bonchev–Trinajstić information content (AvgIpc) is 3.70. The van der Waals surface area contributed by atoms with Crippen molar-refractivity contribution in [3.05, 3.63) is 96.6 Å². The molecule has 3 aromatic heterocycles. The van der Waals surface area contributed by atoms with E-state index in [1.54, 1.807) is 13.3 Å². The molecule has 6 heterocycles. The van der Waals surface area contributed by atoms with Gasteiger partial charge in [-0.15, -0.1) is 11.7 Å². The Bertz CT molecular complexity index is 1810. The number of carboxylic acid groups (broad SMARTS) is 1. The first-order chi connectivity index (χ1) is 21.5. The molecule has 1 unspecified atom stereocenters. The standard InChI is InChI=1S/C34H36N6O4/c1-3-21-18-39-13-11-22(21)14-31(39)33(27-10-12-35-30-9-8-25(43-2)16-28(27)30)44-20-24-19-40(38-37-24)32(34(41)42)15-23-17-36-29-7-5-4-6-26(23)29/h3-10,12,16-17,19,21-22,31-33,36H,1,11,13-15,18,20H2,2H3,(H,41,42)/t21-,22-,31+,32-,33+/m0/s1. The number of fused-ring (bicyclic) bond motifs is 5. The number of H-pyrrole nitrogens is 1. The van der Waals surface area contributed by atoms with Crippen molar-refractivity contribution < 1.29 is 19.4 Å². The number of methoxy groups -OCH3 is 1. The van der Waals surface area contributed by atoms with Gasteiger partial charge in [0, 0.05) is 47.7 Å². The summed E-state index contributed by atoms with van der Waals surface area (Å²) in [7, 11) is 1.67. The van der Waals surface area contributed by atoms with E-state index in [0.29, 0.717) is 17.5 Å². The average molecular weight is 593 g/mol. The number of ether oxygens (including phenoxy) is 2. The molecule has 3 fully saturated rings. The van der Waals surface area contributed by atoms with Gasteiger partial charge in [-0.25, -0.2) is 9.48 Å². The van der Waals surface area contributed by atoms with Crippen LogP contribution in [0.1, 0.15) is 41.8 Å². The fourth-order valence-electron chi connectivity index (χ4n) is 7.13. The van der Waals surface area contributed by atoms with Crippen LogP contribution >= 0.6 is 0 Å². The molecule has 0 aliphatic carbocycles. The zero-order valence-electron chi connectivity index (χ0n) is 24.7. The van der Waals surface area contributed by atoms with E-state index in [4.69, 9.17) is 9.47 Å². The molecule has 3 aliphatic heterocycles. The van der Waals surface area contributed by atoms with E-state index in [2.05, 4.69) is 37.8 Å². The number of nitrogens with one attached hydrogen (secondary N) is 1. The summed E-state index contributed by atoms with van der Waals surface area (Å²) < 4.78 is 13.8. The second kappa shape index (κ2) is 11.9. The van der Waals surface area contributed by atoms with Crippen LogP contribution in [-0.4, -0.2) is 67.2 Å². The number of carbonyl (C=O) groups is 1. The lowest BCUT2D eigenvalue weighted by Crippen LogP contribution is -2.55. The van der Waals surface area contributed by atoms with E-state index in [0.717, 1.165) is 64.6 Å². The number of benzene rings is 2. The minimum atomic E-state index is -0.967. The largest absolute Gasteiger partial charge is 0.497 e. The Morgan fingerprint density at radius 3 is 2.91 bits per heavy atom. The number of hydrogen-bond acceptors (Lipinski definition) is 7. The molecule has 0 saturated carbocycles. The van der Waals surface area contributed by atoms with Crippen molar-refractivity contribution in [2.45, 2.75) is 44.1 Å². The molecule has 226 valence electrons. The zero-order chi connectivity index (χ0) is 30.2. The number of aromatic amines is 1. The lowest BCUT2D eigenvalue weighted by atomic mass is 9.73. The molecule has 3 saturated heterocycles. The fraction of sp³-hybridized carbons (Fsp3) is 0.353. The number of aliphatic carboxylic acids is 1. The molecule has 0 amide bonds. The minimum absolute atomic E-state index is 0.172. The van der Waals surface area contributed by atoms with Crippen molar-refractivity contribution in [3.8, 4) is 5.75 Å². The molecule has 3 aliphatic rings. The van der Waals surface area contributed by atoms with Crippen molar-refractivity contribution in [1.82, 2.24) is 29.9 Å². The predicted molar refractivity (Wildman–Crippen MR) is 166 cm³/mol. The molecule has 2 aromatic carbocycles. The van der Waals surface area contributed by atoms with E-state index in [9.17, 15) is 9.90 Å². The number of carboxylic acids is 1. The molecule has 10 nitrogen and oxygen atoms in total. The smallest absolute Gasteiger partial charge is 0.328 e. The molecular weight excluding hydrogens is 556 g/mol. The van der Waals surface area contributed by atoms with Gasteiger partial charge in [0.05, 0.1) is 31.5 Å². The maximum Gasteiger partial charge on any atom is 0.328 e. The van der Waals surface area contributed by atoms with E-state index < -0.39 is 12.0 Å². The van der Waals surface area contributed by atoms with Crippen molar-refractivity contribution >= 4 is 27.8 Å². The van der Waals surface area contributed by atoms with Crippen LogP contribution in [0, 0.1) is 11.8 Å². The summed E-state index contributed by atoms with van der Waals surface area (Å²) in [6.07, 6.45) is 9.68. The van der Waals surface area contributed by atoms with E-state index >= 15 is 0 Å². The van der Waals surface area contributed by atoms with Gasteiger partial charge in [0.15, 0.2) is 6.04 Å². The van der Waals surface area contributed by atoms with E-state index in [1.165, 1.54) is 4.68 Å². The quantitative estimate of drug-likeness (QED) is 0.197. The Kier molecular flexibility index (Phi) is 7.61. The first kappa shape index (κ1) is 28.2. The molecule has 2 bridgehead atoms. The SMILES string of the molecule is C=C[C@H]1CN2CC[C@H]1C[C@@H]2[C@H](OCc1cn([C@@H](Cc2c[nH]c3ccccc23)C(=O)O)nn1)c1ccnc2ccc(OC)cc12. The molecule has 5 aromatic rings. The van der Waals surface area contributed by atoms with Gasteiger partial charge < -0.3 is 19.6 Å². The highest BCUT2D eigenvalue weighted by Gasteiger charge is 2.43. The lowest BCUT2D eigenvalue weighted by Gasteiger charge is -2.51. The van der Waals surface area contributed by atoms with Gasteiger partial charge in [-0.1, -0.05) is 29.5 Å². The van der Waals surface area contributed by atoms with Gasteiger partial charge >= 0.3 is 5.97 Å². The number of aromatic nitrogens is 5. The van der Waals surface area contributed by atoms with Gasteiger partial charge in [0.1, 0.15) is 11.4 Å². The maximum atomic E-state index is 12.4. The summed E-state index contributed by atoms with van der Waals surface area (Å²) in [6, 6.07) is 15.1. The monoisotopic (exact) mass is 592 g/mol. The number of pyridine rings is 1. The van der Waals surface area contributed by atoms with Gasteiger partial charge in [-0.05, 0) is 72.7 Å². The first-order valence-electron chi connectivity index (χ1n) is 15.1. The Balaban J connectivity index is 1.17. The molecule has 6 atom stereocenters. The Labute approximate surface area is 255 Å². The molecule has 2 N–H and O–H groups in total. The van der Waals surface area contributed by atoms with Crippen LogP contribution in [-0.2, 0) is 22.6 Å². The maximum absolute atomic E-state index is 12.4. The normalized spacial score (nSPS) is 22.7. The Morgan fingerprint density at radius 2 is 2.11 bits per heavy atom. The van der Waals surface area contributed by atoms with Crippen LogP contribution in [0.3, 0.4) is 0 Å². The van der Waals surface area contributed by atoms with Gasteiger partial charge in [0.2, 0.25) is 0 Å². The summed E-state index contributed by atoms with van der Waals surface area (Å²) in [5.41, 5.74) is 4.40. The van der Waals surface area contributed by atoms with Crippen LogP contribution in [0.4, 0.5) is 0 Å². The van der Waals surface area contributed by atoms with Crippen LogP contribution in [0.2, 0.25) is 0 Å². The van der Waals surface area contributed by atoms with Gasteiger partial charge in [-0.3, -0.25) is 9.88 Å². The summed E-state index contributed by atoms with van der Waals surface area (Å²) in [5.74, 6) is 0.851. The van der Waals surface area contributed by atoms with Crippen molar-refractivity contribution in [1.29, 1.82) is 0 Å². The summed E-state index contributed by atoms with van der Waals surface area (Å²) >= 11 is 0.